The molecule has 0 saturated heterocycles. The zero-order valence-corrected chi connectivity index (χ0v) is 15.1. The number of carboxylic acid groups (broad SMARTS) is 1. The molecule has 1 aliphatic carbocycles. The molecular weight excluding hydrogens is 369 g/mol. The number of pyridine rings is 1. The second-order valence-electron chi connectivity index (χ2n) is 6.82. The predicted octanol–water partition coefficient (Wildman–Crippen LogP) is 2.41. The molecule has 0 radical (unpaired) electrons. The molecule has 150 valence electrons. The molecule has 1 aromatic heterocycles. The highest BCUT2D eigenvalue weighted by molar-refractivity contribution is 5.98. The molecule has 1 fully saturated rings. The summed E-state index contributed by atoms with van der Waals surface area (Å²) in [5.41, 5.74) is -2.37. The molecule has 1 heterocycles. The van der Waals surface area contributed by atoms with Gasteiger partial charge in [-0.05, 0) is 13.0 Å². The first-order valence-electron chi connectivity index (χ1n) is 8.26. The summed E-state index contributed by atoms with van der Waals surface area (Å²) in [5, 5.41) is 12.2. The fraction of sp³-hybridized carbons (Fsp3) is 0.588. The number of rotatable bonds is 7. The van der Waals surface area contributed by atoms with E-state index in [9.17, 15) is 27.9 Å². The highest BCUT2D eigenvalue weighted by Crippen LogP contribution is 2.51. The Bertz CT molecular complexity index is 706. The van der Waals surface area contributed by atoms with Crippen LogP contribution < -0.4 is 10.1 Å². The van der Waals surface area contributed by atoms with Crippen LogP contribution in [0.3, 0.4) is 0 Å². The molecule has 0 bridgehead atoms. The van der Waals surface area contributed by atoms with Crippen molar-refractivity contribution in [3.8, 4) is 5.88 Å². The maximum atomic E-state index is 12.5. The van der Waals surface area contributed by atoms with E-state index >= 15 is 0 Å². The molecule has 7 nitrogen and oxygen atoms in total. The average molecular weight is 390 g/mol. The van der Waals surface area contributed by atoms with Crippen LogP contribution in [-0.4, -0.2) is 53.0 Å². The molecule has 2 atom stereocenters. The van der Waals surface area contributed by atoms with Crippen molar-refractivity contribution in [2.45, 2.75) is 45.0 Å². The molecular formula is C17H21F3N2O5. The number of nitrogens with zero attached hydrogens (tertiary/aromatic N) is 1. The van der Waals surface area contributed by atoms with Gasteiger partial charge in [0, 0.05) is 30.7 Å². The normalized spacial score (nSPS) is 24.0. The van der Waals surface area contributed by atoms with Crippen LogP contribution >= 0.6 is 0 Å². The minimum Gasteiger partial charge on any atom is -0.479 e. The Labute approximate surface area is 153 Å². The molecule has 10 heteroatoms. The van der Waals surface area contributed by atoms with E-state index in [1.54, 1.807) is 20.8 Å². The number of hydrogen-bond acceptors (Lipinski definition) is 5. The maximum absolute atomic E-state index is 12.5. The number of aromatic nitrogens is 1. The lowest BCUT2D eigenvalue weighted by Crippen LogP contribution is -2.76. The van der Waals surface area contributed by atoms with Gasteiger partial charge < -0.3 is 19.9 Å². The van der Waals surface area contributed by atoms with Crippen molar-refractivity contribution in [2.75, 3.05) is 13.2 Å². The van der Waals surface area contributed by atoms with Gasteiger partial charge in [0.05, 0.1) is 11.7 Å². The SMILES string of the molecule is CCOC1CC(NC(=O)c2ccc(OCC(F)(F)F)nc2)(C(=O)O)C1(C)C. The largest absolute Gasteiger partial charge is 0.479 e. The lowest BCUT2D eigenvalue weighted by Gasteiger charge is -2.58. The third-order valence-corrected chi connectivity index (χ3v) is 4.84. The lowest BCUT2D eigenvalue weighted by atomic mass is 9.54. The van der Waals surface area contributed by atoms with Crippen LogP contribution in [-0.2, 0) is 9.53 Å². The van der Waals surface area contributed by atoms with Gasteiger partial charge in [-0.2, -0.15) is 13.2 Å². The Hall–Kier alpha value is -2.36. The monoisotopic (exact) mass is 390 g/mol. The smallest absolute Gasteiger partial charge is 0.422 e. The number of amides is 1. The summed E-state index contributed by atoms with van der Waals surface area (Å²) in [6, 6.07) is 2.33. The molecule has 0 aromatic carbocycles. The third kappa shape index (κ3) is 4.15. The van der Waals surface area contributed by atoms with Gasteiger partial charge in [-0.3, -0.25) is 4.79 Å². The van der Waals surface area contributed by atoms with Crippen molar-refractivity contribution in [3.05, 3.63) is 23.9 Å². The van der Waals surface area contributed by atoms with Gasteiger partial charge in [-0.25, -0.2) is 9.78 Å². The topological polar surface area (TPSA) is 97.8 Å². The molecule has 2 rings (SSSR count). The first-order valence-corrected chi connectivity index (χ1v) is 8.26. The fourth-order valence-electron chi connectivity index (χ4n) is 3.06. The van der Waals surface area contributed by atoms with Gasteiger partial charge in [0.25, 0.3) is 5.91 Å². The second kappa shape index (κ2) is 7.34. The fourth-order valence-corrected chi connectivity index (χ4v) is 3.06. The van der Waals surface area contributed by atoms with Crippen LogP contribution in [0.15, 0.2) is 18.3 Å². The van der Waals surface area contributed by atoms with Crippen molar-refractivity contribution in [3.63, 3.8) is 0 Å². The van der Waals surface area contributed by atoms with Crippen LogP contribution in [0.1, 0.15) is 37.6 Å². The number of alkyl halides is 3. The molecule has 1 aromatic rings. The summed E-state index contributed by atoms with van der Waals surface area (Å²) >= 11 is 0. The Balaban J connectivity index is 2.10. The number of carboxylic acids is 1. The van der Waals surface area contributed by atoms with E-state index in [1.165, 1.54) is 6.07 Å². The number of halogens is 3. The Morgan fingerprint density at radius 1 is 1.37 bits per heavy atom. The maximum Gasteiger partial charge on any atom is 0.422 e. The van der Waals surface area contributed by atoms with E-state index in [0.29, 0.717) is 6.61 Å². The number of carbonyl (C=O) groups is 2. The first kappa shape index (κ1) is 20.9. The molecule has 0 spiro atoms. The van der Waals surface area contributed by atoms with E-state index in [0.717, 1.165) is 12.3 Å². The van der Waals surface area contributed by atoms with Crippen molar-refractivity contribution in [2.24, 2.45) is 5.41 Å². The molecule has 0 aliphatic heterocycles. The average Bonchev–Trinajstić information content (AvgIpc) is 2.58. The second-order valence-corrected chi connectivity index (χ2v) is 6.82. The first-order chi connectivity index (χ1) is 12.4. The minimum absolute atomic E-state index is 0.00523. The minimum atomic E-state index is -4.50. The summed E-state index contributed by atoms with van der Waals surface area (Å²) in [6.45, 7) is 4.10. The van der Waals surface area contributed by atoms with Crippen LogP contribution in [0.2, 0.25) is 0 Å². The Kier molecular flexibility index (Phi) is 5.69. The molecule has 27 heavy (non-hydrogen) atoms. The zero-order chi connectivity index (χ0) is 20.5. The quantitative estimate of drug-likeness (QED) is 0.742. The van der Waals surface area contributed by atoms with Gasteiger partial charge in [0.2, 0.25) is 5.88 Å². The van der Waals surface area contributed by atoms with Gasteiger partial charge in [-0.15, -0.1) is 0 Å². The van der Waals surface area contributed by atoms with Crippen LogP contribution in [0.25, 0.3) is 0 Å². The molecule has 2 N–H and O–H groups in total. The number of ether oxygens (including phenoxy) is 2. The van der Waals surface area contributed by atoms with E-state index in [1.807, 2.05) is 0 Å². The van der Waals surface area contributed by atoms with Gasteiger partial charge in [0.15, 0.2) is 6.61 Å². The molecule has 1 amide bonds. The van der Waals surface area contributed by atoms with Gasteiger partial charge in [0.1, 0.15) is 5.54 Å². The highest BCUT2D eigenvalue weighted by Gasteiger charge is 2.66. The number of carbonyl (C=O) groups excluding carboxylic acids is 1. The number of hydrogen-bond donors (Lipinski definition) is 2. The van der Waals surface area contributed by atoms with E-state index < -0.39 is 35.6 Å². The van der Waals surface area contributed by atoms with E-state index in [-0.39, 0.29) is 24.0 Å². The molecule has 2 unspecified atom stereocenters. The summed E-state index contributed by atoms with van der Waals surface area (Å²) in [4.78, 5) is 28.0. The zero-order valence-electron chi connectivity index (χ0n) is 15.1. The van der Waals surface area contributed by atoms with Crippen LogP contribution in [0, 0.1) is 5.41 Å². The Morgan fingerprint density at radius 3 is 2.48 bits per heavy atom. The number of aliphatic carboxylic acids is 1. The lowest BCUT2D eigenvalue weighted by molar-refractivity contribution is -0.190. The Morgan fingerprint density at radius 2 is 2.04 bits per heavy atom. The van der Waals surface area contributed by atoms with Crippen molar-refractivity contribution >= 4 is 11.9 Å². The van der Waals surface area contributed by atoms with Crippen molar-refractivity contribution in [1.29, 1.82) is 0 Å². The standard InChI is InChI=1S/C17H21F3N2O5/c1-4-26-11-7-16(14(24)25,15(11,2)3)22-13(23)10-5-6-12(21-8-10)27-9-17(18,19)20/h5-6,8,11H,4,7,9H2,1-3H3,(H,22,23)(H,24,25). The van der Waals surface area contributed by atoms with Crippen LogP contribution in [0.5, 0.6) is 5.88 Å². The summed E-state index contributed by atoms with van der Waals surface area (Å²) in [5.74, 6) is -2.18. The summed E-state index contributed by atoms with van der Waals surface area (Å²) in [6.07, 6.45) is -3.69. The van der Waals surface area contributed by atoms with Crippen molar-refractivity contribution in [1.82, 2.24) is 10.3 Å². The highest BCUT2D eigenvalue weighted by atomic mass is 19.4. The third-order valence-electron chi connectivity index (χ3n) is 4.84. The van der Waals surface area contributed by atoms with Crippen molar-refractivity contribution < 1.29 is 37.3 Å². The number of nitrogens with one attached hydrogen (secondary N) is 1. The van der Waals surface area contributed by atoms with Gasteiger partial charge in [-0.1, -0.05) is 13.8 Å². The van der Waals surface area contributed by atoms with E-state index in [4.69, 9.17) is 4.74 Å². The van der Waals surface area contributed by atoms with Crippen LogP contribution in [0.4, 0.5) is 13.2 Å². The van der Waals surface area contributed by atoms with Gasteiger partial charge >= 0.3 is 12.1 Å². The summed E-state index contributed by atoms with van der Waals surface area (Å²) < 4.78 is 46.4. The van der Waals surface area contributed by atoms with E-state index in [2.05, 4.69) is 15.0 Å². The summed E-state index contributed by atoms with van der Waals surface area (Å²) in [7, 11) is 0. The molecule has 1 aliphatic rings. The predicted molar refractivity (Wildman–Crippen MR) is 87.4 cm³/mol. The molecule has 1 saturated carbocycles.